The number of likely N-dealkylation sites (tertiary alicyclic amines) is 1. The third-order valence-corrected chi connectivity index (χ3v) is 7.22. The highest BCUT2D eigenvalue weighted by Crippen LogP contribution is 2.40. The van der Waals surface area contributed by atoms with Gasteiger partial charge in [-0.15, -0.1) is 11.3 Å². The highest BCUT2D eigenvalue weighted by molar-refractivity contribution is 7.09. The Morgan fingerprint density at radius 3 is 2.07 bits per heavy atom. The van der Waals surface area contributed by atoms with Crippen LogP contribution in [0.2, 0.25) is 0 Å². The minimum atomic E-state index is -5.08. The lowest BCUT2D eigenvalue weighted by molar-refractivity contribution is -0.193. The van der Waals surface area contributed by atoms with Crippen LogP contribution in [0.4, 0.5) is 26.3 Å². The zero-order valence-corrected chi connectivity index (χ0v) is 22.2. The summed E-state index contributed by atoms with van der Waals surface area (Å²) in [5.41, 5.74) is 0.0702. The van der Waals surface area contributed by atoms with E-state index < -0.39 is 35.4 Å². The van der Waals surface area contributed by atoms with Gasteiger partial charge in [-0.05, 0) is 42.5 Å². The van der Waals surface area contributed by atoms with Gasteiger partial charge < -0.3 is 10.2 Å². The van der Waals surface area contributed by atoms with Crippen LogP contribution in [0.3, 0.4) is 0 Å². The molecule has 18 heteroatoms. The van der Waals surface area contributed by atoms with E-state index in [9.17, 15) is 35.9 Å². The van der Waals surface area contributed by atoms with E-state index in [1.54, 1.807) is 22.1 Å². The van der Waals surface area contributed by atoms with E-state index in [2.05, 4.69) is 16.0 Å². The number of halogens is 6. The molecule has 1 fully saturated rings. The lowest BCUT2D eigenvalue weighted by atomic mass is 9.85. The van der Waals surface area contributed by atoms with Crippen LogP contribution < -0.4 is 11.1 Å². The Kier molecular flexibility index (Phi) is 9.93. The predicted octanol–water partition coefficient (Wildman–Crippen LogP) is 2.72. The van der Waals surface area contributed by atoms with Crippen molar-refractivity contribution in [2.45, 2.75) is 50.2 Å². The second-order valence-electron chi connectivity index (χ2n) is 9.28. The van der Waals surface area contributed by atoms with Gasteiger partial charge in [0.25, 0.3) is 0 Å². The van der Waals surface area contributed by atoms with Crippen LogP contribution in [0.15, 0.2) is 51.6 Å². The molecule has 5 rings (SSSR count). The first-order valence-electron chi connectivity index (χ1n) is 12.0. The topological polar surface area (TPSA) is 148 Å². The monoisotopic (exact) mass is 623 g/mol. The normalized spacial score (nSPS) is 18.0. The Morgan fingerprint density at radius 1 is 0.929 bits per heavy atom. The molecule has 0 radical (unpaired) electrons. The molecule has 0 aliphatic carbocycles. The SMILES string of the molecule is O=C(O)C(F)(F)F.O=C(O)C(F)(F)F.O=c1c(=O)n2c(nn1Cc1cccs1)C1(CCN(Cc3cccnc3)C1)CC2. The van der Waals surface area contributed by atoms with Gasteiger partial charge in [0, 0.05) is 42.3 Å². The number of hydrogen-bond acceptors (Lipinski definition) is 8. The van der Waals surface area contributed by atoms with Crippen LogP contribution in [-0.2, 0) is 34.6 Å². The summed E-state index contributed by atoms with van der Waals surface area (Å²) in [6.45, 7) is 3.58. The molecule has 228 valence electrons. The summed E-state index contributed by atoms with van der Waals surface area (Å²) in [6, 6.07) is 7.95. The standard InChI is InChI=1S/C20H21N5O2S.2C2HF3O2/c26-17-18(27)25(13-16-4-2-10-28-16)22-19-20(6-9-24(17)19)5-8-23(14-20)12-15-3-1-7-21-11-15;2*3-2(4,5)1(6)7/h1-4,7,10-11H,5-6,8-9,12-14H2;2*(H,6,7). The number of alkyl halides is 6. The van der Waals surface area contributed by atoms with E-state index in [4.69, 9.17) is 24.9 Å². The smallest absolute Gasteiger partial charge is 0.475 e. The molecule has 2 aliphatic rings. The molecule has 2 N–H and O–H groups in total. The number of carbonyl (C=O) groups is 2. The number of aromatic nitrogens is 4. The third kappa shape index (κ3) is 8.03. The third-order valence-electron chi connectivity index (χ3n) is 6.35. The summed E-state index contributed by atoms with van der Waals surface area (Å²) in [7, 11) is 0. The zero-order chi connectivity index (χ0) is 31.3. The number of nitrogens with zero attached hydrogens (tertiary/aromatic N) is 5. The van der Waals surface area contributed by atoms with Crippen molar-refractivity contribution in [1.82, 2.24) is 24.2 Å². The van der Waals surface area contributed by atoms with Crippen molar-refractivity contribution >= 4 is 23.3 Å². The predicted molar refractivity (Wildman–Crippen MR) is 134 cm³/mol. The van der Waals surface area contributed by atoms with E-state index in [0.29, 0.717) is 13.1 Å². The molecule has 2 aliphatic heterocycles. The summed E-state index contributed by atoms with van der Waals surface area (Å²) in [5, 5.41) is 20.9. The molecule has 0 amide bonds. The first-order valence-corrected chi connectivity index (χ1v) is 12.9. The van der Waals surface area contributed by atoms with Gasteiger partial charge >= 0.3 is 35.4 Å². The van der Waals surface area contributed by atoms with E-state index in [-0.39, 0.29) is 5.41 Å². The molecule has 1 atom stereocenters. The van der Waals surface area contributed by atoms with Crippen LogP contribution in [0.25, 0.3) is 0 Å². The Balaban J connectivity index is 0.000000289. The number of fused-ring (bicyclic) bond motifs is 2. The number of carboxylic acids is 2. The molecule has 1 saturated heterocycles. The van der Waals surface area contributed by atoms with Crippen molar-refractivity contribution in [3.8, 4) is 0 Å². The van der Waals surface area contributed by atoms with E-state index in [1.807, 2.05) is 29.8 Å². The highest BCUT2D eigenvalue weighted by Gasteiger charge is 2.47. The Hall–Kier alpha value is -4.06. The van der Waals surface area contributed by atoms with Crippen molar-refractivity contribution in [2.75, 3.05) is 13.1 Å². The molecule has 42 heavy (non-hydrogen) atoms. The van der Waals surface area contributed by atoms with E-state index in [1.165, 1.54) is 10.2 Å². The molecule has 3 aromatic rings. The Labute approximate surface area is 236 Å². The lowest BCUT2D eigenvalue weighted by Gasteiger charge is -2.23. The molecule has 0 aromatic carbocycles. The van der Waals surface area contributed by atoms with Crippen molar-refractivity contribution in [2.24, 2.45) is 0 Å². The van der Waals surface area contributed by atoms with Gasteiger partial charge in [-0.25, -0.2) is 14.3 Å². The van der Waals surface area contributed by atoms with Crippen molar-refractivity contribution in [3.63, 3.8) is 0 Å². The van der Waals surface area contributed by atoms with Gasteiger partial charge in [0.15, 0.2) is 0 Å². The zero-order valence-electron chi connectivity index (χ0n) is 21.4. The molecule has 1 spiro atoms. The van der Waals surface area contributed by atoms with Gasteiger partial charge in [0.05, 0.1) is 6.54 Å². The minimum absolute atomic E-state index is 0.147. The summed E-state index contributed by atoms with van der Waals surface area (Å²) in [4.78, 5) is 50.6. The summed E-state index contributed by atoms with van der Waals surface area (Å²) < 4.78 is 66.4. The average Bonchev–Trinajstić information content (AvgIpc) is 3.65. The van der Waals surface area contributed by atoms with Gasteiger partial charge in [0.1, 0.15) is 5.82 Å². The minimum Gasteiger partial charge on any atom is -0.475 e. The van der Waals surface area contributed by atoms with Crippen LogP contribution in [0, 0.1) is 0 Å². The summed E-state index contributed by atoms with van der Waals surface area (Å²) in [6.07, 6.45) is -4.67. The van der Waals surface area contributed by atoms with E-state index in [0.717, 1.165) is 43.2 Å². The molecular weight excluding hydrogens is 600 g/mol. The van der Waals surface area contributed by atoms with Crippen molar-refractivity contribution < 1.29 is 46.1 Å². The van der Waals surface area contributed by atoms with E-state index >= 15 is 0 Å². The van der Waals surface area contributed by atoms with Crippen LogP contribution in [-0.4, -0.2) is 71.8 Å². The van der Waals surface area contributed by atoms with Crippen LogP contribution >= 0.6 is 11.3 Å². The lowest BCUT2D eigenvalue weighted by Crippen LogP contribution is -2.45. The van der Waals surface area contributed by atoms with Gasteiger partial charge in [-0.3, -0.25) is 24.0 Å². The highest BCUT2D eigenvalue weighted by atomic mass is 32.1. The first kappa shape index (κ1) is 32.5. The first-order chi connectivity index (χ1) is 19.5. The average molecular weight is 624 g/mol. The number of carboxylic acid groups (broad SMARTS) is 2. The maximum atomic E-state index is 12.7. The van der Waals surface area contributed by atoms with Gasteiger partial charge in [0.2, 0.25) is 0 Å². The summed E-state index contributed by atoms with van der Waals surface area (Å²) in [5.74, 6) is -4.73. The maximum Gasteiger partial charge on any atom is 0.490 e. The number of thiophene rings is 1. The fraction of sp³-hybridized carbons (Fsp3) is 0.417. The van der Waals surface area contributed by atoms with Crippen LogP contribution in [0.1, 0.15) is 29.1 Å². The molecule has 3 aromatic heterocycles. The number of hydrogen-bond donors (Lipinski definition) is 2. The van der Waals surface area contributed by atoms with Crippen molar-refractivity contribution in [1.29, 1.82) is 0 Å². The molecule has 11 nitrogen and oxygen atoms in total. The molecule has 0 bridgehead atoms. The Bertz CT molecular complexity index is 1480. The molecule has 1 unspecified atom stereocenters. The molecule has 5 heterocycles. The van der Waals surface area contributed by atoms with Gasteiger partial charge in [-0.2, -0.15) is 31.4 Å². The fourth-order valence-corrected chi connectivity index (χ4v) is 5.15. The number of pyridine rings is 1. The van der Waals surface area contributed by atoms with Crippen molar-refractivity contribution in [3.05, 3.63) is 79.0 Å². The fourth-order valence-electron chi connectivity index (χ4n) is 4.46. The second-order valence-corrected chi connectivity index (χ2v) is 10.3. The Morgan fingerprint density at radius 2 is 1.55 bits per heavy atom. The molecular formula is C24H23F6N5O6S. The number of rotatable bonds is 4. The van der Waals surface area contributed by atoms with Gasteiger partial charge in [-0.1, -0.05) is 12.1 Å². The quantitative estimate of drug-likeness (QED) is 0.331. The number of aliphatic carboxylic acids is 2. The second kappa shape index (κ2) is 12.8. The maximum absolute atomic E-state index is 12.7. The largest absolute Gasteiger partial charge is 0.490 e. The molecule has 0 saturated carbocycles. The summed E-state index contributed by atoms with van der Waals surface area (Å²) >= 11 is 1.57. The van der Waals surface area contributed by atoms with Crippen LogP contribution in [0.5, 0.6) is 0 Å².